The van der Waals surface area contributed by atoms with E-state index in [1.54, 1.807) is 0 Å². The molecule has 0 spiro atoms. The van der Waals surface area contributed by atoms with Gasteiger partial charge in [0.1, 0.15) is 6.04 Å². The Morgan fingerprint density at radius 1 is 1.37 bits per heavy atom. The largest absolute Gasteiger partial charge is 0.480 e. The second-order valence-corrected chi connectivity index (χ2v) is 5.05. The molecular formula is C15H22ClNO2. The number of carboxylic acids is 1. The van der Waals surface area contributed by atoms with E-state index in [4.69, 9.17) is 0 Å². The number of rotatable bonds is 6. The quantitative estimate of drug-likeness (QED) is 0.841. The smallest absolute Gasteiger partial charge is 0.320 e. The zero-order valence-electron chi connectivity index (χ0n) is 11.2. The first-order valence-electron chi connectivity index (χ1n) is 6.76. The number of aliphatic carboxylic acids is 1. The molecule has 0 amide bonds. The van der Waals surface area contributed by atoms with E-state index >= 15 is 0 Å². The summed E-state index contributed by atoms with van der Waals surface area (Å²) in [4.78, 5) is 11.2. The van der Waals surface area contributed by atoms with Crippen LogP contribution >= 0.6 is 12.4 Å². The Hall–Kier alpha value is -1.06. The predicted octanol–water partition coefficient (Wildman–Crippen LogP) is 3.40. The van der Waals surface area contributed by atoms with Gasteiger partial charge < -0.3 is 5.11 Å². The molecule has 1 aliphatic carbocycles. The van der Waals surface area contributed by atoms with Gasteiger partial charge in [-0.15, -0.1) is 12.4 Å². The molecule has 1 aliphatic rings. The third-order valence-electron chi connectivity index (χ3n) is 3.87. The van der Waals surface area contributed by atoms with E-state index in [2.05, 4.69) is 17.4 Å². The van der Waals surface area contributed by atoms with Crippen molar-refractivity contribution in [2.45, 2.75) is 44.7 Å². The zero-order chi connectivity index (χ0) is 13.0. The van der Waals surface area contributed by atoms with E-state index in [0.29, 0.717) is 12.3 Å². The van der Waals surface area contributed by atoms with Gasteiger partial charge >= 0.3 is 5.97 Å². The first-order chi connectivity index (χ1) is 8.72. The highest BCUT2D eigenvalue weighted by atomic mass is 35.5. The number of halogens is 1. The summed E-state index contributed by atoms with van der Waals surface area (Å²) in [6.07, 6.45) is 4.27. The fourth-order valence-corrected chi connectivity index (χ4v) is 2.52. The highest BCUT2D eigenvalue weighted by molar-refractivity contribution is 5.85. The van der Waals surface area contributed by atoms with Crippen molar-refractivity contribution in [1.29, 1.82) is 0 Å². The van der Waals surface area contributed by atoms with Crippen LogP contribution in [-0.2, 0) is 4.79 Å². The van der Waals surface area contributed by atoms with Crippen molar-refractivity contribution in [3.05, 3.63) is 35.9 Å². The third-order valence-corrected chi connectivity index (χ3v) is 3.87. The molecule has 0 aromatic heterocycles. The molecule has 2 atom stereocenters. The van der Waals surface area contributed by atoms with Gasteiger partial charge in [0.05, 0.1) is 0 Å². The van der Waals surface area contributed by atoms with Crippen LogP contribution < -0.4 is 5.32 Å². The summed E-state index contributed by atoms with van der Waals surface area (Å²) < 4.78 is 0. The van der Waals surface area contributed by atoms with Crippen molar-refractivity contribution >= 4 is 18.4 Å². The van der Waals surface area contributed by atoms with Gasteiger partial charge in [0, 0.05) is 6.04 Å². The van der Waals surface area contributed by atoms with Gasteiger partial charge in [-0.25, -0.2) is 0 Å². The Morgan fingerprint density at radius 2 is 2.00 bits per heavy atom. The maximum Gasteiger partial charge on any atom is 0.320 e. The number of carboxylic acid groups (broad SMARTS) is 1. The lowest BCUT2D eigenvalue weighted by molar-refractivity contribution is -0.140. The lowest BCUT2D eigenvalue weighted by Gasteiger charge is -2.36. The topological polar surface area (TPSA) is 49.3 Å². The molecule has 0 aliphatic heterocycles. The summed E-state index contributed by atoms with van der Waals surface area (Å²) in [5, 5.41) is 12.5. The molecule has 0 bridgehead atoms. The van der Waals surface area contributed by atoms with Crippen LogP contribution in [-0.4, -0.2) is 17.1 Å². The number of nitrogens with one attached hydrogen (secondary N) is 1. The van der Waals surface area contributed by atoms with Crippen LogP contribution in [0.1, 0.15) is 44.2 Å². The summed E-state index contributed by atoms with van der Waals surface area (Å²) >= 11 is 0. The minimum Gasteiger partial charge on any atom is -0.480 e. The lowest BCUT2D eigenvalue weighted by Crippen LogP contribution is -2.42. The molecule has 0 saturated heterocycles. The standard InChI is InChI=1S/C15H21NO2.ClH/c1-2-13(15(17)18)16-14(12-9-6-10-12)11-7-4-3-5-8-11;/h3-5,7-8,12-14,16H,2,6,9-10H2,1H3,(H,17,18);1H. The summed E-state index contributed by atoms with van der Waals surface area (Å²) in [5.41, 5.74) is 1.21. The summed E-state index contributed by atoms with van der Waals surface area (Å²) in [5.74, 6) is -0.168. The van der Waals surface area contributed by atoms with Crippen molar-refractivity contribution in [3.63, 3.8) is 0 Å². The highest BCUT2D eigenvalue weighted by Crippen LogP contribution is 2.38. The Kier molecular flexibility index (Phi) is 6.32. The van der Waals surface area contributed by atoms with Crippen molar-refractivity contribution < 1.29 is 9.90 Å². The van der Waals surface area contributed by atoms with Crippen LogP contribution in [0.25, 0.3) is 0 Å². The van der Waals surface area contributed by atoms with E-state index < -0.39 is 12.0 Å². The molecule has 0 heterocycles. The van der Waals surface area contributed by atoms with Crippen LogP contribution in [0, 0.1) is 5.92 Å². The fourth-order valence-electron chi connectivity index (χ4n) is 2.52. The Bertz CT molecular complexity index is 392. The van der Waals surface area contributed by atoms with Gasteiger partial charge in [0.25, 0.3) is 0 Å². The van der Waals surface area contributed by atoms with Crippen molar-refractivity contribution in [2.24, 2.45) is 5.92 Å². The highest BCUT2D eigenvalue weighted by Gasteiger charge is 2.31. The normalized spacial score (nSPS) is 17.9. The zero-order valence-corrected chi connectivity index (χ0v) is 12.0. The summed E-state index contributed by atoms with van der Waals surface area (Å²) in [6, 6.07) is 9.94. The number of benzene rings is 1. The van der Waals surface area contributed by atoms with Crippen LogP contribution in [0.4, 0.5) is 0 Å². The van der Waals surface area contributed by atoms with Crippen LogP contribution in [0.3, 0.4) is 0 Å². The van der Waals surface area contributed by atoms with Crippen molar-refractivity contribution in [2.75, 3.05) is 0 Å². The van der Waals surface area contributed by atoms with Crippen molar-refractivity contribution in [3.8, 4) is 0 Å². The maximum atomic E-state index is 11.2. The molecule has 0 radical (unpaired) electrons. The van der Waals surface area contributed by atoms with Gasteiger partial charge in [-0.3, -0.25) is 10.1 Å². The Labute approximate surface area is 120 Å². The van der Waals surface area contributed by atoms with Crippen molar-refractivity contribution in [1.82, 2.24) is 5.32 Å². The third kappa shape index (κ3) is 3.95. The molecule has 1 aromatic rings. The molecule has 1 fully saturated rings. The van der Waals surface area contributed by atoms with E-state index in [9.17, 15) is 9.90 Å². The molecule has 2 rings (SSSR count). The second kappa shape index (κ2) is 7.51. The average Bonchev–Trinajstić information content (AvgIpc) is 2.32. The van der Waals surface area contributed by atoms with Gasteiger partial charge in [-0.2, -0.15) is 0 Å². The monoisotopic (exact) mass is 283 g/mol. The Morgan fingerprint density at radius 3 is 2.42 bits per heavy atom. The predicted molar refractivity (Wildman–Crippen MR) is 78.6 cm³/mol. The molecule has 3 nitrogen and oxygen atoms in total. The molecule has 1 aromatic carbocycles. The molecule has 19 heavy (non-hydrogen) atoms. The van der Waals surface area contributed by atoms with E-state index in [0.717, 1.165) is 0 Å². The molecule has 2 N–H and O–H groups in total. The first-order valence-corrected chi connectivity index (χ1v) is 6.76. The molecule has 4 heteroatoms. The number of hydrogen-bond acceptors (Lipinski definition) is 2. The minimum atomic E-state index is -0.752. The van der Waals surface area contributed by atoms with Crippen LogP contribution in [0.2, 0.25) is 0 Å². The second-order valence-electron chi connectivity index (χ2n) is 5.05. The lowest BCUT2D eigenvalue weighted by atomic mass is 9.77. The van der Waals surface area contributed by atoms with Gasteiger partial charge in [-0.1, -0.05) is 43.7 Å². The Balaban J connectivity index is 0.00000180. The molecule has 2 unspecified atom stereocenters. The summed E-state index contributed by atoms with van der Waals surface area (Å²) in [6.45, 7) is 1.91. The summed E-state index contributed by atoms with van der Waals surface area (Å²) in [7, 11) is 0. The van der Waals surface area contributed by atoms with Crippen LogP contribution in [0.15, 0.2) is 30.3 Å². The van der Waals surface area contributed by atoms with Gasteiger partial charge in [0.2, 0.25) is 0 Å². The van der Waals surface area contributed by atoms with E-state index in [1.807, 2.05) is 25.1 Å². The first kappa shape index (κ1) is 16.0. The van der Waals surface area contributed by atoms with E-state index in [1.165, 1.54) is 24.8 Å². The minimum absolute atomic E-state index is 0. The fraction of sp³-hybridized carbons (Fsp3) is 0.533. The number of hydrogen-bond donors (Lipinski definition) is 2. The van der Waals surface area contributed by atoms with Crippen LogP contribution in [0.5, 0.6) is 0 Å². The molecular weight excluding hydrogens is 262 g/mol. The van der Waals surface area contributed by atoms with Gasteiger partial charge in [0.15, 0.2) is 0 Å². The number of carbonyl (C=O) groups is 1. The van der Waals surface area contributed by atoms with Gasteiger partial charge in [-0.05, 0) is 30.7 Å². The molecule has 106 valence electrons. The molecule has 1 saturated carbocycles. The maximum absolute atomic E-state index is 11.2. The SMILES string of the molecule is CCC(NC(c1ccccc1)C1CCC1)C(=O)O.Cl. The average molecular weight is 284 g/mol. The van der Waals surface area contributed by atoms with E-state index in [-0.39, 0.29) is 18.4 Å².